The first kappa shape index (κ1) is 14.1. The first-order chi connectivity index (χ1) is 10.0. The minimum Gasteiger partial charge on any atom is -0.416 e. The molecule has 1 aromatic carbocycles. The second kappa shape index (κ2) is 5.19. The Bertz CT molecular complexity index is 556. The van der Waals surface area contributed by atoms with Gasteiger partial charge in [-0.05, 0) is 31.2 Å². The Morgan fingerprint density at radius 2 is 2.14 bits per heavy atom. The van der Waals surface area contributed by atoms with Crippen molar-refractivity contribution in [3.63, 3.8) is 0 Å². The lowest BCUT2D eigenvalue weighted by Crippen LogP contribution is -2.35. The fourth-order valence-corrected chi connectivity index (χ4v) is 3.91. The molecule has 1 unspecified atom stereocenters. The Labute approximate surface area is 125 Å². The Balaban J connectivity index is 1.87. The van der Waals surface area contributed by atoms with Gasteiger partial charge in [-0.3, -0.25) is 0 Å². The lowest BCUT2D eigenvalue weighted by molar-refractivity contribution is 0.124. The molecule has 4 heteroatoms. The number of nitrogens with zero attached hydrogens (tertiary/aromatic N) is 1. The van der Waals surface area contributed by atoms with E-state index in [0.717, 1.165) is 6.42 Å². The predicted molar refractivity (Wildman–Crippen MR) is 79.7 cm³/mol. The van der Waals surface area contributed by atoms with E-state index in [1.54, 1.807) is 11.8 Å². The molecule has 1 saturated heterocycles. The van der Waals surface area contributed by atoms with Crippen LogP contribution < -0.4 is 0 Å². The second-order valence-corrected chi connectivity index (χ2v) is 6.26. The van der Waals surface area contributed by atoms with Crippen molar-refractivity contribution in [1.82, 2.24) is 4.90 Å². The second-order valence-electron chi connectivity index (χ2n) is 6.26. The fourth-order valence-electron chi connectivity index (χ4n) is 3.91. The van der Waals surface area contributed by atoms with Crippen molar-refractivity contribution in [3.05, 3.63) is 48.2 Å². The van der Waals surface area contributed by atoms with Crippen LogP contribution in [0.4, 0.5) is 4.79 Å². The molecule has 1 aliphatic carbocycles. The molecule has 0 radical (unpaired) electrons. The number of likely N-dealkylation sites (tertiary alicyclic amines) is 1. The molecule has 1 aliphatic heterocycles. The Kier molecular flexibility index (Phi) is 3.49. The van der Waals surface area contributed by atoms with E-state index in [1.165, 1.54) is 5.56 Å². The maximum atomic E-state index is 12.1. The maximum Gasteiger partial charge on any atom is 0.414 e. The van der Waals surface area contributed by atoms with Gasteiger partial charge in [0.05, 0.1) is 11.9 Å². The summed E-state index contributed by atoms with van der Waals surface area (Å²) in [4.78, 5) is 13.9. The molecule has 112 valence electrons. The molecule has 2 aliphatic rings. The van der Waals surface area contributed by atoms with Gasteiger partial charge in [-0.25, -0.2) is 4.79 Å². The normalized spacial score (nSPS) is 31.0. The monoisotopic (exact) mass is 287 g/mol. The van der Waals surface area contributed by atoms with Crippen molar-refractivity contribution in [3.8, 4) is 0 Å². The quantitative estimate of drug-likeness (QED) is 0.851. The predicted octanol–water partition coefficient (Wildman–Crippen LogP) is 2.68. The summed E-state index contributed by atoms with van der Waals surface area (Å²) in [6, 6.07) is 10.2. The third-order valence-electron chi connectivity index (χ3n) is 4.72. The number of hydrogen-bond acceptors (Lipinski definition) is 3. The zero-order valence-electron chi connectivity index (χ0n) is 12.3. The van der Waals surface area contributed by atoms with E-state index in [0.29, 0.717) is 25.3 Å². The molecule has 1 amide bonds. The average Bonchev–Trinajstić information content (AvgIpc) is 2.92. The van der Waals surface area contributed by atoms with Gasteiger partial charge in [0.25, 0.3) is 0 Å². The highest BCUT2D eigenvalue weighted by atomic mass is 16.6. The summed E-state index contributed by atoms with van der Waals surface area (Å²) in [6.07, 6.45) is 0.834. The maximum absolute atomic E-state index is 12.1. The molecule has 3 atom stereocenters. The number of allylic oxidation sites excluding steroid dienone is 1. The first-order valence-electron chi connectivity index (χ1n) is 7.37. The summed E-state index contributed by atoms with van der Waals surface area (Å²) < 4.78 is 5.14. The van der Waals surface area contributed by atoms with E-state index in [2.05, 4.69) is 18.7 Å². The lowest BCUT2D eigenvalue weighted by Gasteiger charge is -2.29. The van der Waals surface area contributed by atoms with Crippen LogP contribution in [0.3, 0.4) is 0 Å². The van der Waals surface area contributed by atoms with Crippen LogP contribution in [0.5, 0.6) is 0 Å². The molecule has 1 N–H and O–H groups in total. The Morgan fingerprint density at radius 3 is 2.81 bits per heavy atom. The Morgan fingerprint density at radius 1 is 1.43 bits per heavy atom. The van der Waals surface area contributed by atoms with Crippen LogP contribution in [0.25, 0.3) is 0 Å². The van der Waals surface area contributed by atoms with Crippen LogP contribution in [0.2, 0.25) is 0 Å². The number of hydrogen-bond donors (Lipinski definition) is 1. The topological polar surface area (TPSA) is 49.8 Å². The molecule has 2 fully saturated rings. The van der Waals surface area contributed by atoms with Crippen molar-refractivity contribution in [2.75, 3.05) is 13.1 Å². The number of ether oxygens (including phenoxy) is 1. The number of carbonyl (C=O) groups excluding carboxylic acids is 1. The number of aliphatic hydroxyl groups excluding tert-OH is 1. The zero-order valence-corrected chi connectivity index (χ0v) is 12.3. The first-order valence-corrected chi connectivity index (χ1v) is 7.37. The molecule has 0 bridgehead atoms. The Hall–Kier alpha value is -1.81. The molecule has 1 saturated carbocycles. The van der Waals surface area contributed by atoms with Crippen LogP contribution >= 0.6 is 0 Å². The summed E-state index contributed by atoms with van der Waals surface area (Å²) in [6.45, 7) is 6.53. The van der Waals surface area contributed by atoms with Crippen LogP contribution in [0, 0.1) is 5.92 Å². The van der Waals surface area contributed by atoms with Crippen LogP contribution in [-0.4, -0.2) is 35.3 Å². The van der Waals surface area contributed by atoms with Crippen LogP contribution in [0.1, 0.15) is 25.3 Å². The van der Waals surface area contributed by atoms with E-state index >= 15 is 0 Å². The van der Waals surface area contributed by atoms with Gasteiger partial charge in [0.2, 0.25) is 0 Å². The smallest absolute Gasteiger partial charge is 0.414 e. The molecule has 4 nitrogen and oxygen atoms in total. The lowest BCUT2D eigenvalue weighted by atomic mass is 9.74. The number of aliphatic hydroxyl groups is 1. The molecule has 0 spiro atoms. The highest BCUT2D eigenvalue weighted by Gasteiger charge is 2.54. The number of carbonyl (C=O) groups is 1. The van der Waals surface area contributed by atoms with Gasteiger partial charge in [0, 0.05) is 18.5 Å². The van der Waals surface area contributed by atoms with Gasteiger partial charge in [-0.1, -0.05) is 36.9 Å². The minimum absolute atomic E-state index is 0.144. The van der Waals surface area contributed by atoms with E-state index < -0.39 is 0 Å². The fraction of sp³-hybridized carbons (Fsp3) is 0.471. The molecular weight excluding hydrogens is 266 g/mol. The van der Waals surface area contributed by atoms with Gasteiger partial charge >= 0.3 is 6.09 Å². The summed E-state index contributed by atoms with van der Waals surface area (Å²) in [5.74, 6) is 0.693. The van der Waals surface area contributed by atoms with Crippen molar-refractivity contribution >= 4 is 6.09 Å². The minimum atomic E-state index is -0.332. The third kappa shape index (κ3) is 2.44. The molecule has 3 rings (SSSR count). The summed E-state index contributed by atoms with van der Waals surface area (Å²) in [5.41, 5.74) is 1.06. The molecule has 1 aromatic rings. The van der Waals surface area contributed by atoms with Crippen LogP contribution in [-0.2, 0) is 10.2 Å². The van der Waals surface area contributed by atoms with E-state index in [1.807, 2.05) is 18.2 Å². The highest BCUT2D eigenvalue weighted by molar-refractivity contribution is 5.69. The van der Waals surface area contributed by atoms with Gasteiger partial charge < -0.3 is 14.7 Å². The van der Waals surface area contributed by atoms with E-state index in [9.17, 15) is 9.90 Å². The molecular formula is C17H21NO3. The largest absolute Gasteiger partial charge is 0.416 e. The van der Waals surface area contributed by atoms with Gasteiger partial charge in [0.15, 0.2) is 0 Å². The van der Waals surface area contributed by atoms with Gasteiger partial charge in [-0.2, -0.15) is 0 Å². The van der Waals surface area contributed by atoms with Crippen molar-refractivity contribution < 1.29 is 14.6 Å². The highest BCUT2D eigenvalue weighted by Crippen LogP contribution is 2.50. The summed E-state index contributed by atoms with van der Waals surface area (Å²) in [7, 11) is 0. The van der Waals surface area contributed by atoms with Crippen LogP contribution in [0.15, 0.2) is 42.7 Å². The standard InChI is InChI=1S/C17H21NO3/c1-12(2)21-16(20)18-10-14-8-15(19)9-17(14,11-18)13-6-4-3-5-7-13/h3-7,14-15,19H,1,8-11H2,2H3/t14-,15?,17+/m1/s1. The molecule has 0 aromatic heterocycles. The number of amides is 1. The summed E-state index contributed by atoms with van der Waals surface area (Å²) in [5, 5.41) is 10.1. The average molecular weight is 287 g/mol. The van der Waals surface area contributed by atoms with E-state index in [4.69, 9.17) is 4.74 Å². The molecule has 1 heterocycles. The SMILES string of the molecule is C=C(C)OC(=O)N1C[C@H]2CC(O)C[C@@]2(c2ccccc2)C1. The van der Waals surface area contributed by atoms with Gasteiger partial charge in [0.1, 0.15) is 0 Å². The zero-order chi connectivity index (χ0) is 15.0. The van der Waals surface area contributed by atoms with Gasteiger partial charge in [-0.15, -0.1) is 0 Å². The van der Waals surface area contributed by atoms with Crippen molar-refractivity contribution in [2.45, 2.75) is 31.3 Å². The van der Waals surface area contributed by atoms with Crippen molar-refractivity contribution in [1.29, 1.82) is 0 Å². The third-order valence-corrected chi connectivity index (χ3v) is 4.72. The number of fused-ring (bicyclic) bond motifs is 1. The number of rotatable bonds is 2. The molecule has 21 heavy (non-hydrogen) atoms. The number of benzene rings is 1. The summed E-state index contributed by atoms with van der Waals surface area (Å²) >= 11 is 0. The van der Waals surface area contributed by atoms with Crippen molar-refractivity contribution in [2.24, 2.45) is 5.92 Å². The van der Waals surface area contributed by atoms with E-state index in [-0.39, 0.29) is 23.5 Å².